The maximum absolute atomic E-state index is 12.9. The second kappa shape index (κ2) is 10.2. The van der Waals surface area contributed by atoms with E-state index in [1.165, 1.54) is 11.1 Å². The maximum Gasteiger partial charge on any atom is 0.223 e. The third-order valence-electron chi connectivity index (χ3n) is 5.50. The van der Waals surface area contributed by atoms with E-state index in [2.05, 4.69) is 88.5 Å². The molecule has 1 heterocycles. The van der Waals surface area contributed by atoms with Crippen molar-refractivity contribution < 1.29 is 4.79 Å². The molecule has 3 rings (SSSR count). The highest BCUT2D eigenvalue weighted by atomic mass is 79.9. The zero-order valence-electron chi connectivity index (χ0n) is 16.9. The molecular formula is C24H31BrN2O. The van der Waals surface area contributed by atoms with Gasteiger partial charge in [-0.1, -0.05) is 72.2 Å². The van der Waals surface area contributed by atoms with Crippen molar-refractivity contribution in [1.82, 2.24) is 10.2 Å². The summed E-state index contributed by atoms with van der Waals surface area (Å²) < 4.78 is 1.11. The lowest BCUT2D eigenvalue weighted by atomic mass is 9.93. The number of likely N-dealkylation sites (tertiary alicyclic amines) is 1. The van der Waals surface area contributed by atoms with Gasteiger partial charge in [0.15, 0.2) is 0 Å². The van der Waals surface area contributed by atoms with E-state index >= 15 is 0 Å². The maximum atomic E-state index is 12.9. The van der Waals surface area contributed by atoms with Crippen molar-refractivity contribution in [2.75, 3.05) is 13.1 Å². The van der Waals surface area contributed by atoms with Crippen LogP contribution in [0.2, 0.25) is 0 Å². The van der Waals surface area contributed by atoms with Gasteiger partial charge in [-0.05, 0) is 61.5 Å². The quantitative estimate of drug-likeness (QED) is 0.607. The normalized spacial score (nSPS) is 16.9. The lowest BCUT2D eigenvalue weighted by Crippen LogP contribution is -2.41. The number of carbonyl (C=O) groups is 1. The minimum absolute atomic E-state index is 0.106. The average molecular weight is 443 g/mol. The number of rotatable bonds is 7. The van der Waals surface area contributed by atoms with Crippen LogP contribution in [0.4, 0.5) is 0 Å². The number of benzene rings is 2. The standard InChI is InChI=1S/C24H31BrN2O/c1-18(2)16-23(20-6-4-3-5-7-20)26-24(28)21-12-14-27(15-13-21)17-19-8-10-22(25)11-9-19/h3-11,18,21,23H,12-17H2,1-2H3,(H,26,28). The van der Waals surface area contributed by atoms with Crippen LogP contribution in [0.5, 0.6) is 0 Å². The van der Waals surface area contributed by atoms with E-state index in [0.717, 1.165) is 43.4 Å². The Hall–Kier alpha value is -1.65. The number of carbonyl (C=O) groups excluding carboxylic acids is 1. The van der Waals surface area contributed by atoms with Crippen molar-refractivity contribution in [3.05, 3.63) is 70.2 Å². The largest absolute Gasteiger partial charge is 0.349 e. The van der Waals surface area contributed by atoms with Crippen molar-refractivity contribution in [2.45, 2.75) is 45.7 Å². The fourth-order valence-corrected chi connectivity index (χ4v) is 4.19. The third kappa shape index (κ3) is 6.18. The Morgan fingerprint density at radius 2 is 1.71 bits per heavy atom. The zero-order valence-corrected chi connectivity index (χ0v) is 18.5. The van der Waals surface area contributed by atoms with E-state index in [1.807, 2.05) is 6.07 Å². The number of hydrogen-bond donors (Lipinski definition) is 1. The third-order valence-corrected chi connectivity index (χ3v) is 6.03. The first-order chi connectivity index (χ1) is 13.5. The van der Waals surface area contributed by atoms with Crippen molar-refractivity contribution in [2.24, 2.45) is 11.8 Å². The summed E-state index contributed by atoms with van der Waals surface area (Å²) in [5, 5.41) is 3.34. The van der Waals surface area contributed by atoms with Crippen LogP contribution in [-0.4, -0.2) is 23.9 Å². The fraction of sp³-hybridized carbons (Fsp3) is 0.458. The van der Waals surface area contributed by atoms with Crippen molar-refractivity contribution in [3.8, 4) is 0 Å². The molecule has 1 aliphatic rings. The molecule has 0 aromatic heterocycles. The highest BCUT2D eigenvalue weighted by Gasteiger charge is 2.27. The van der Waals surface area contributed by atoms with Crippen LogP contribution in [0.25, 0.3) is 0 Å². The summed E-state index contributed by atoms with van der Waals surface area (Å²) in [6.07, 6.45) is 2.84. The SMILES string of the molecule is CC(C)CC(NC(=O)C1CCN(Cc2ccc(Br)cc2)CC1)c1ccccc1. The number of halogens is 1. The summed E-state index contributed by atoms with van der Waals surface area (Å²) in [6.45, 7) is 7.34. The van der Waals surface area contributed by atoms with Gasteiger partial charge in [0.1, 0.15) is 0 Å². The van der Waals surface area contributed by atoms with Crippen LogP contribution in [0.3, 0.4) is 0 Å². The lowest BCUT2D eigenvalue weighted by molar-refractivity contribution is -0.127. The summed E-state index contributed by atoms with van der Waals surface area (Å²) >= 11 is 3.49. The molecule has 1 amide bonds. The van der Waals surface area contributed by atoms with Gasteiger partial charge in [-0.25, -0.2) is 0 Å². The topological polar surface area (TPSA) is 32.3 Å². The van der Waals surface area contributed by atoms with E-state index in [-0.39, 0.29) is 17.9 Å². The smallest absolute Gasteiger partial charge is 0.223 e. The van der Waals surface area contributed by atoms with Crippen molar-refractivity contribution >= 4 is 21.8 Å². The lowest BCUT2D eigenvalue weighted by Gasteiger charge is -2.32. The first-order valence-corrected chi connectivity index (χ1v) is 11.1. The summed E-state index contributed by atoms with van der Waals surface area (Å²) in [7, 11) is 0. The first-order valence-electron chi connectivity index (χ1n) is 10.3. The second-order valence-corrected chi connectivity index (χ2v) is 9.19. The van der Waals surface area contributed by atoms with E-state index in [9.17, 15) is 4.79 Å². The number of hydrogen-bond acceptors (Lipinski definition) is 2. The summed E-state index contributed by atoms with van der Waals surface area (Å²) in [5.74, 6) is 0.885. The van der Waals surface area contributed by atoms with Crippen LogP contribution in [0.15, 0.2) is 59.1 Å². The van der Waals surface area contributed by atoms with E-state index < -0.39 is 0 Å². The number of nitrogens with one attached hydrogen (secondary N) is 1. The molecule has 0 saturated carbocycles. The molecule has 1 aliphatic heterocycles. The van der Waals surface area contributed by atoms with Crippen LogP contribution in [-0.2, 0) is 11.3 Å². The molecule has 0 bridgehead atoms. The summed E-state index contributed by atoms with van der Waals surface area (Å²) in [5.41, 5.74) is 2.53. The monoisotopic (exact) mass is 442 g/mol. The molecule has 3 nitrogen and oxygen atoms in total. The average Bonchev–Trinajstić information content (AvgIpc) is 2.70. The van der Waals surface area contributed by atoms with Gasteiger partial charge in [-0.3, -0.25) is 9.69 Å². The summed E-state index contributed by atoms with van der Waals surface area (Å²) in [4.78, 5) is 15.4. The molecule has 2 aromatic rings. The molecule has 2 aromatic carbocycles. The molecule has 1 fully saturated rings. The van der Waals surface area contributed by atoms with E-state index in [0.29, 0.717) is 5.92 Å². The number of piperidine rings is 1. The predicted octanol–water partition coefficient (Wildman–Crippen LogP) is 5.56. The van der Waals surface area contributed by atoms with Crippen LogP contribution >= 0.6 is 15.9 Å². The van der Waals surface area contributed by atoms with Gasteiger partial charge in [0, 0.05) is 16.9 Å². The Kier molecular flexibility index (Phi) is 7.69. The molecule has 1 N–H and O–H groups in total. The molecule has 1 unspecified atom stereocenters. The molecule has 0 radical (unpaired) electrons. The van der Waals surface area contributed by atoms with Gasteiger partial charge in [-0.2, -0.15) is 0 Å². The molecule has 28 heavy (non-hydrogen) atoms. The van der Waals surface area contributed by atoms with Gasteiger partial charge < -0.3 is 5.32 Å². The highest BCUT2D eigenvalue weighted by molar-refractivity contribution is 9.10. The summed E-state index contributed by atoms with van der Waals surface area (Å²) in [6, 6.07) is 19.0. The molecule has 150 valence electrons. The van der Waals surface area contributed by atoms with E-state index in [4.69, 9.17) is 0 Å². The minimum Gasteiger partial charge on any atom is -0.349 e. The van der Waals surface area contributed by atoms with Crippen LogP contribution in [0.1, 0.15) is 50.3 Å². The second-order valence-electron chi connectivity index (χ2n) is 8.28. The molecular weight excluding hydrogens is 412 g/mol. The minimum atomic E-state index is 0.106. The number of amides is 1. The van der Waals surface area contributed by atoms with Gasteiger partial charge in [0.05, 0.1) is 6.04 Å². The van der Waals surface area contributed by atoms with Crippen LogP contribution < -0.4 is 5.32 Å². The molecule has 1 atom stereocenters. The van der Waals surface area contributed by atoms with Gasteiger partial charge in [0.25, 0.3) is 0 Å². The molecule has 4 heteroatoms. The molecule has 0 spiro atoms. The highest BCUT2D eigenvalue weighted by Crippen LogP contribution is 2.24. The fourth-order valence-electron chi connectivity index (χ4n) is 3.93. The first kappa shape index (κ1) is 21.1. The predicted molar refractivity (Wildman–Crippen MR) is 119 cm³/mol. The van der Waals surface area contributed by atoms with Gasteiger partial charge in [-0.15, -0.1) is 0 Å². The Morgan fingerprint density at radius 3 is 2.32 bits per heavy atom. The van der Waals surface area contributed by atoms with Gasteiger partial charge in [0.2, 0.25) is 5.91 Å². The Bertz CT molecular complexity index is 737. The Balaban J connectivity index is 1.52. The molecule has 0 aliphatic carbocycles. The van der Waals surface area contributed by atoms with E-state index in [1.54, 1.807) is 0 Å². The van der Waals surface area contributed by atoms with Gasteiger partial charge >= 0.3 is 0 Å². The van der Waals surface area contributed by atoms with Crippen molar-refractivity contribution in [1.29, 1.82) is 0 Å². The Morgan fingerprint density at radius 1 is 1.07 bits per heavy atom. The molecule has 1 saturated heterocycles. The van der Waals surface area contributed by atoms with Crippen LogP contribution in [0, 0.1) is 11.8 Å². The zero-order chi connectivity index (χ0) is 19.9. The van der Waals surface area contributed by atoms with Crippen molar-refractivity contribution in [3.63, 3.8) is 0 Å². The number of nitrogens with zero attached hydrogens (tertiary/aromatic N) is 1. The Labute approximate surface area is 177 Å².